The average Bonchev–Trinajstić information content (AvgIpc) is 3.08. The molecule has 0 fully saturated rings. The number of quaternary nitrogens is 1. The highest BCUT2D eigenvalue weighted by Crippen LogP contribution is 2.12. The fraction of sp³-hybridized carbons (Fsp3) is 0.698. The molecule has 0 spiro atoms. The van der Waals surface area contributed by atoms with Crippen LogP contribution in [0, 0.1) is 0 Å². The Morgan fingerprint density at radius 1 is 0.608 bits per heavy atom. The minimum Gasteiger partial charge on any atom is -0.544 e. The second kappa shape index (κ2) is 34.1. The highest BCUT2D eigenvalue weighted by atomic mass is 16.6. The maximum absolute atomic E-state index is 12.6. The minimum absolute atomic E-state index is 0.0188. The van der Waals surface area contributed by atoms with E-state index >= 15 is 0 Å². The van der Waals surface area contributed by atoms with Crippen molar-refractivity contribution in [3.63, 3.8) is 0 Å². The Balaban J connectivity index is 4.51. The molecule has 0 aromatic carbocycles. The van der Waals surface area contributed by atoms with Crippen molar-refractivity contribution in [1.29, 1.82) is 0 Å². The first-order valence-corrected chi connectivity index (χ1v) is 19.8. The van der Waals surface area contributed by atoms with Crippen molar-refractivity contribution < 1.29 is 38.2 Å². The van der Waals surface area contributed by atoms with E-state index in [-0.39, 0.29) is 49.1 Å². The van der Waals surface area contributed by atoms with Crippen LogP contribution in [0.4, 0.5) is 0 Å². The molecule has 0 bridgehead atoms. The average molecular weight is 716 g/mol. The SMILES string of the molecule is CC/C=C\C/C=C\C/C=C\C/C=C\CCCCC(=O)OC(COCCC(C(=O)[O-])[N+](C)(C)C)COC(=O)CCCCCCC/C=C\CCCCC. The van der Waals surface area contributed by atoms with Crippen molar-refractivity contribution in [3.8, 4) is 0 Å². The van der Waals surface area contributed by atoms with Gasteiger partial charge in [0.1, 0.15) is 12.6 Å². The van der Waals surface area contributed by atoms with Crippen LogP contribution in [0.3, 0.4) is 0 Å². The smallest absolute Gasteiger partial charge is 0.306 e. The van der Waals surface area contributed by atoms with E-state index < -0.39 is 18.1 Å². The molecule has 0 aliphatic heterocycles. The van der Waals surface area contributed by atoms with Crippen LogP contribution in [-0.2, 0) is 28.6 Å². The summed E-state index contributed by atoms with van der Waals surface area (Å²) in [6.45, 7) is 4.44. The molecule has 292 valence electrons. The second-order valence-electron chi connectivity index (χ2n) is 14.1. The molecule has 0 aromatic rings. The van der Waals surface area contributed by atoms with E-state index in [9.17, 15) is 19.5 Å². The Hall–Kier alpha value is -2.97. The van der Waals surface area contributed by atoms with Crippen LogP contribution in [-0.4, -0.2) is 75.5 Å². The predicted molar refractivity (Wildman–Crippen MR) is 208 cm³/mol. The van der Waals surface area contributed by atoms with E-state index in [1.807, 2.05) is 0 Å². The zero-order valence-corrected chi connectivity index (χ0v) is 33.0. The Morgan fingerprint density at radius 3 is 1.69 bits per heavy atom. The van der Waals surface area contributed by atoms with Crippen LogP contribution in [0.25, 0.3) is 0 Å². The number of carboxylic acid groups (broad SMARTS) is 1. The molecule has 2 unspecified atom stereocenters. The number of allylic oxidation sites excluding steroid dienone is 10. The van der Waals surface area contributed by atoms with Gasteiger partial charge in [-0.15, -0.1) is 0 Å². The summed E-state index contributed by atoms with van der Waals surface area (Å²) in [4.78, 5) is 36.7. The number of likely N-dealkylation sites (N-methyl/N-ethyl adjacent to an activating group) is 1. The number of esters is 2. The number of hydrogen-bond donors (Lipinski definition) is 0. The lowest BCUT2D eigenvalue weighted by molar-refractivity contribution is -0.889. The number of carboxylic acids is 1. The number of nitrogens with zero attached hydrogens (tertiary/aromatic N) is 1. The summed E-state index contributed by atoms with van der Waals surface area (Å²) in [5, 5.41) is 11.6. The van der Waals surface area contributed by atoms with E-state index in [1.54, 1.807) is 21.1 Å². The monoisotopic (exact) mass is 716 g/mol. The number of aliphatic carboxylic acids is 1. The van der Waals surface area contributed by atoms with Gasteiger partial charge in [0.25, 0.3) is 0 Å². The molecule has 8 heteroatoms. The van der Waals surface area contributed by atoms with E-state index in [0.717, 1.165) is 70.6 Å². The Bertz CT molecular complexity index is 1020. The molecule has 0 saturated heterocycles. The minimum atomic E-state index is -1.14. The van der Waals surface area contributed by atoms with Crippen molar-refractivity contribution in [2.75, 3.05) is 41.0 Å². The zero-order chi connectivity index (χ0) is 37.8. The number of rotatable bonds is 34. The van der Waals surface area contributed by atoms with Crippen LogP contribution >= 0.6 is 0 Å². The van der Waals surface area contributed by atoms with E-state index in [0.29, 0.717) is 12.8 Å². The molecule has 0 rings (SSSR count). The first-order chi connectivity index (χ1) is 24.6. The van der Waals surface area contributed by atoms with Crippen LogP contribution in [0.5, 0.6) is 0 Å². The van der Waals surface area contributed by atoms with Crippen molar-refractivity contribution in [1.82, 2.24) is 0 Å². The van der Waals surface area contributed by atoms with Gasteiger partial charge in [0.2, 0.25) is 0 Å². The number of carbonyl (C=O) groups excluding carboxylic acids is 3. The number of unbranched alkanes of at least 4 members (excludes halogenated alkanes) is 10. The molecule has 0 saturated carbocycles. The third-order valence-corrected chi connectivity index (χ3v) is 8.39. The van der Waals surface area contributed by atoms with Crippen LogP contribution in [0.2, 0.25) is 0 Å². The summed E-state index contributed by atoms with van der Waals surface area (Å²) in [7, 11) is 5.37. The lowest BCUT2D eigenvalue weighted by Crippen LogP contribution is -2.55. The molecule has 0 heterocycles. The van der Waals surface area contributed by atoms with Crippen LogP contribution in [0.1, 0.15) is 142 Å². The van der Waals surface area contributed by atoms with Gasteiger partial charge in [-0.05, 0) is 77.0 Å². The highest BCUT2D eigenvalue weighted by molar-refractivity contribution is 5.70. The summed E-state index contributed by atoms with van der Waals surface area (Å²) < 4.78 is 17.0. The van der Waals surface area contributed by atoms with Gasteiger partial charge >= 0.3 is 11.9 Å². The Morgan fingerprint density at radius 2 is 1.10 bits per heavy atom. The topological polar surface area (TPSA) is 102 Å². The molecule has 8 nitrogen and oxygen atoms in total. The summed E-state index contributed by atoms with van der Waals surface area (Å²) >= 11 is 0. The van der Waals surface area contributed by atoms with Gasteiger partial charge in [0.15, 0.2) is 6.10 Å². The van der Waals surface area contributed by atoms with Crippen LogP contribution < -0.4 is 5.11 Å². The predicted octanol–water partition coefficient (Wildman–Crippen LogP) is 8.91. The number of ether oxygens (including phenoxy) is 3. The molecule has 0 aliphatic carbocycles. The van der Waals surface area contributed by atoms with Gasteiger partial charge in [0, 0.05) is 19.3 Å². The first kappa shape index (κ1) is 48.0. The van der Waals surface area contributed by atoms with Crippen molar-refractivity contribution in [2.45, 2.75) is 154 Å². The van der Waals surface area contributed by atoms with Crippen molar-refractivity contribution in [2.24, 2.45) is 0 Å². The molecular weight excluding hydrogens is 642 g/mol. The molecule has 0 N–H and O–H groups in total. The van der Waals surface area contributed by atoms with Gasteiger partial charge in [-0.2, -0.15) is 0 Å². The number of hydrogen-bond acceptors (Lipinski definition) is 7. The zero-order valence-electron chi connectivity index (χ0n) is 33.0. The quantitative estimate of drug-likeness (QED) is 0.0284. The van der Waals surface area contributed by atoms with Gasteiger partial charge in [-0.1, -0.05) is 107 Å². The fourth-order valence-corrected chi connectivity index (χ4v) is 5.29. The summed E-state index contributed by atoms with van der Waals surface area (Å²) in [6.07, 6.45) is 39.6. The molecule has 51 heavy (non-hydrogen) atoms. The fourth-order valence-electron chi connectivity index (χ4n) is 5.29. The molecule has 0 amide bonds. The Labute approximate surface area is 311 Å². The largest absolute Gasteiger partial charge is 0.544 e. The summed E-state index contributed by atoms with van der Waals surface area (Å²) in [5.74, 6) is -1.81. The van der Waals surface area contributed by atoms with E-state index in [4.69, 9.17) is 14.2 Å². The summed E-state index contributed by atoms with van der Waals surface area (Å²) in [6, 6.07) is -0.735. The van der Waals surface area contributed by atoms with Gasteiger partial charge in [-0.3, -0.25) is 9.59 Å². The third-order valence-electron chi connectivity index (χ3n) is 8.39. The van der Waals surface area contributed by atoms with Crippen molar-refractivity contribution in [3.05, 3.63) is 60.8 Å². The first-order valence-electron chi connectivity index (χ1n) is 19.8. The molecule has 2 atom stereocenters. The van der Waals surface area contributed by atoms with Gasteiger partial charge in [-0.25, -0.2) is 0 Å². The molecule has 0 radical (unpaired) electrons. The Kier molecular flexibility index (Phi) is 32.1. The third kappa shape index (κ3) is 32.7. The maximum Gasteiger partial charge on any atom is 0.306 e. The number of carbonyl (C=O) groups is 3. The maximum atomic E-state index is 12.6. The standard InChI is InChI=1S/C43H73NO7/c1-6-8-10-12-14-16-18-20-21-22-24-26-28-30-32-34-42(46)51-39(37-49-36-35-40(43(47)48)44(3,4)5)38-50-41(45)33-31-29-27-25-23-19-17-15-13-11-9-7-2/h8,10,14-17,20-21,24,26,39-40H,6-7,9,11-13,18-19,22-23,25,27-38H2,1-5H3/b10-8-,16-14-,17-15-,21-20-,26-24-. The molecule has 0 aliphatic rings. The van der Waals surface area contributed by atoms with E-state index in [2.05, 4.69) is 74.6 Å². The molecule has 0 aromatic heterocycles. The molecular formula is C43H73NO7. The van der Waals surface area contributed by atoms with E-state index in [1.165, 1.54) is 32.1 Å². The highest BCUT2D eigenvalue weighted by Gasteiger charge is 2.25. The second-order valence-corrected chi connectivity index (χ2v) is 14.1. The van der Waals surface area contributed by atoms with Crippen molar-refractivity contribution >= 4 is 17.9 Å². The summed E-state index contributed by atoms with van der Waals surface area (Å²) in [5.41, 5.74) is 0. The van der Waals surface area contributed by atoms with Gasteiger partial charge < -0.3 is 28.6 Å². The lowest BCUT2D eigenvalue weighted by Gasteiger charge is -2.34. The van der Waals surface area contributed by atoms with Gasteiger partial charge in [0.05, 0.1) is 40.3 Å². The van der Waals surface area contributed by atoms with Crippen LogP contribution in [0.15, 0.2) is 60.8 Å². The normalized spacial score (nSPS) is 13.7. The lowest BCUT2D eigenvalue weighted by atomic mass is 10.1.